The summed E-state index contributed by atoms with van der Waals surface area (Å²) in [4.78, 5) is 12.7. The number of benzene rings is 2. The normalized spacial score (nSPS) is 12.8. The van der Waals surface area contributed by atoms with Gasteiger partial charge in [0, 0.05) is 17.7 Å². The molecule has 0 aromatic heterocycles. The van der Waals surface area contributed by atoms with Gasteiger partial charge in [-0.1, -0.05) is 23.7 Å². The van der Waals surface area contributed by atoms with Crippen LogP contribution in [0, 0.1) is 0 Å². The topological polar surface area (TPSA) is 66.0 Å². The molecule has 0 saturated carbocycles. The molecule has 6 nitrogen and oxygen atoms in total. The van der Waals surface area contributed by atoms with E-state index in [0.29, 0.717) is 27.8 Å². The Bertz CT molecular complexity index is 786. The number of halogens is 1. The zero-order valence-electron chi connectivity index (χ0n) is 16.1. The van der Waals surface area contributed by atoms with E-state index in [1.807, 2.05) is 25.1 Å². The highest BCUT2D eigenvalue weighted by Crippen LogP contribution is 2.38. The van der Waals surface area contributed by atoms with Crippen LogP contribution < -0.4 is 19.5 Å². The van der Waals surface area contributed by atoms with Crippen molar-refractivity contribution in [2.75, 3.05) is 35.0 Å². The van der Waals surface area contributed by atoms with Crippen LogP contribution in [0.25, 0.3) is 0 Å². The van der Waals surface area contributed by atoms with Crippen molar-refractivity contribution in [1.82, 2.24) is 5.32 Å². The second-order valence-electron chi connectivity index (χ2n) is 6.04. The third-order valence-corrected chi connectivity index (χ3v) is 4.63. The Morgan fingerprint density at radius 3 is 2.15 bits per heavy atom. The van der Waals surface area contributed by atoms with E-state index in [9.17, 15) is 4.79 Å². The molecule has 0 heterocycles. The van der Waals surface area contributed by atoms with E-state index in [1.165, 1.54) is 21.3 Å². The molecule has 0 radical (unpaired) electrons. The van der Waals surface area contributed by atoms with E-state index in [0.717, 1.165) is 5.56 Å². The van der Waals surface area contributed by atoms with Gasteiger partial charge in [-0.3, -0.25) is 4.79 Å². The van der Waals surface area contributed by atoms with Crippen molar-refractivity contribution < 1.29 is 23.7 Å². The van der Waals surface area contributed by atoms with Crippen LogP contribution >= 0.6 is 11.6 Å². The lowest BCUT2D eigenvalue weighted by Crippen LogP contribution is -2.40. The number of nitrogens with one attached hydrogen (secondary N) is 1. The summed E-state index contributed by atoms with van der Waals surface area (Å²) in [6.07, 6.45) is 0. The van der Waals surface area contributed by atoms with Crippen LogP contribution in [0.15, 0.2) is 36.4 Å². The van der Waals surface area contributed by atoms with Gasteiger partial charge in [0.05, 0.1) is 27.9 Å². The van der Waals surface area contributed by atoms with Gasteiger partial charge >= 0.3 is 0 Å². The lowest BCUT2D eigenvalue weighted by Gasteiger charge is -2.29. The molecular weight excluding hydrogens is 370 g/mol. The maximum Gasteiger partial charge on any atom is 0.251 e. The van der Waals surface area contributed by atoms with Gasteiger partial charge in [-0.05, 0) is 36.8 Å². The number of methoxy groups -OCH3 is 4. The number of ether oxygens (including phenoxy) is 4. The molecule has 2 rings (SSSR count). The molecular formula is C20H24ClNO5. The molecule has 0 aliphatic heterocycles. The van der Waals surface area contributed by atoms with Crippen LogP contribution in [-0.4, -0.2) is 40.9 Å². The van der Waals surface area contributed by atoms with E-state index < -0.39 is 5.60 Å². The highest BCUT2D eigenvalue weighted by Gasteiger charge is 2.28. The van der Waals surface area contributed by atoms with E-state index in [4.69, 9.17) is 30.5 Å². The molecule has 146 valence electrons. The molecule has 0 aliphatic rings. The fourth-order valence-corrected chi connectivity index (χ4v) is 2.86. The van der Waals surface area contributed by atoms with E-state index in [1.54, 1.807) is 25.3 Å². The summed E-state index contributed by atoms with van der Waals surface area (Å²) in [5, 5.41) is 3.49. The Balaban J connectivity index is 2.24. The Morgan fingerprint density at radius 1 is 1.04 bits per heavy atom. The number of carbonyl (C=O) groups is 1. The molecule has 1 atom stereocenters. The first-order chi connectivity index (χ1) is 12.9. The fraction of sp³-hybridized carbons (Fsp3) is 0.350. The van der Waals surface area contributed by atoms with Crippen LogP contribution in [0.1, 0.15) is 22.8 Å². The highest BCUT2D eigenvalue weighted by atomic mass is 35.5. The van der Waals surface area contributed by atoms with E-state index in [2.05, 4.69) is 5.32 Å². The predicted molar refractivity (Wildman–Crippen MR) is 104 cm³/mol. The fourth-order valence-electron chi connectivity index (χ4n) is 2.67. The molecule has 0 fully saturated rings. The summed E-state index contributed by atoms with van der Waals surface area (Å²) < 4.78 is 21.5. The van der Waals surface area contributed by atoms with Crippen LogP contribution in [-0.2, 0) is 10.3 Å². The summed E-state index contributed by atoms with van der Waals surface area (Å²) in [5.41, 5.74) is 0.512. The smallest absolute Gasteiger partial charge is 0.251 e. The average Bonchev–Trinajstić information content (AvgIpc) is 2.70. The largest absolute Gasteiger partial charge is 0.493 e. The van der Waals surface area contributed by atoms with Gasteiger partial charge in [-0.2, -0.15) is 0 Å². The zero-order valence-corrected chi connectivity index (χ0v) is 16.8. The summed E-state index contributed by atoms with van der Waals surface area (Å²) in [5.74, 6) is 0.953. The monoisotopic (exact) mass is 393 g/mol. The maximum absolute atomic E-state index is 12.7. The number of rotatable bonds is 8. The van der Waals surface area contributed by atoms with E-state index >= 15 is 0 Å². The van der Waals surface area contributed by atoms with Crippen molar-refractivity contribution in [3.63, 3.8) is 0 Å². The van der Waals surface area contributed by atoms with Gasteiger partial charge in [-0.25, -0.2) is 0 Å². The molecule has 0 aliphatic carbocycles. The quantitative estimate of drug-likeness (QED) is 0.741. The Kier molecular flexibility index (Phi) is 6.93. The molecule has 0 spiro atoms. The van der Waals surface area contributed by atoms with Crippen molar-refractivity contribution in [1.29, 1.82) is 0 Å². The predicted octanol–water partition coefficient (Wildman–Crippen LogP) is 3.66. The first kappa shape index (κ1) is 20.9. The Hall–Kier alpha value is -2.44. The van der Waals surface area contributed by atoms with Gasteiger partial charge in [0.15, 0.2) is 11.5 Å². The minimum Gasteiger partial charge on any atom is -0.493 e. The molecule has 2 aromatic carbocycles. The van der Waals surface area contributed by atoms with Gasteiger partial charge < -0.3 is 24.3 Å². The standard InChI is InChI=1S/C20H24ClNO5/c1-20(27-5,14-7-6-8-15(21)11-14)12-22-19(23)13-9-16(24-2)18(26-4)17(10-13)25-3/h6-11H,12H2,1-5H3,(H,22,23). The van der Waals surface area contributed by atoms with Gasteiger partial charge in [0.25, 0.3) is 5.91 Å². The van der Waals surface area contributed by atoms with E-state index in [-0.39, 0.29) is 12.5 Å². The molecule has 1 N–H and O–H groups in total. The van der Waals surface area contributed by atoms with Gasteiger partial charge in [0.2, 0.25) is 5.75 Å². The lowest BCUT2D eigenvalue weighted by molar-refractivity contribution is 0.00315. The summed E-state index contributed by atoms with van der Waals surface area (Å²) in [6.45, 7) is 2.13. The van der Waals surface area contributed by atoms with Crippen LogP contribution in [0.3, 0.4) is 0 Å². The van der Waals surface area contributed by atoms with Crippen LogP contribution in [0.4, 0.5) is 0 Å². The van der Waals surface area contributed by atoms with Crippen molar-refractivity contribution >= 4 is 17.5 Å². The second-order valence-corrected chi connectivity index (χ2v) is 6.48. The number of hydrogen-bond donors (Lipinski definition) is 1. The first-order valence-electron chi connectivity index (χ1n) is 8.28. The first-order valence-corrected chi connectivity index (χ1v) is 8.65. The van der Waals surface area contributed by atoms with Crippen LogP contribution in [0.2, 0.25) is 5.02 Å². The SMILES string of the molecule is COc1cc(C(=O)NCC(C)(OC)c2cccc(Cl)c2)cc(OC)c1OC. The average molecular weight is 394 g/mol. The molecule has 2 aromatic rings. The minimum absolute atomic E-state index is 0.249. The van der Waals surface area contributed by atoms with Crippen molar-refractivity contribution in [3.05, 3.63) is 52.5 Å². The van der Waals surface area contributed by atoms with Gasteiger partial charge in [0.1, 0.15) is 5.60 Å². The number of amides is 1. The second kappa shape index (κ2) is 8.97. The summed E-state index contributed by atoms with van der Waals surface area (Å²) in [6, 6.07) is 10.5. The molecule has 1 unspecified atom stereocenters. The highest BCUT2D eigenvalue weighted by molar-refractivity contribution is 6.30. The van der Waals surface area contributed by atoms with Gasteiger partial charge in [-0.15, -0.1) is 0 Å². The number of carbonyl (C=O) groups excluding carboxylic acids is 1. The van der Waals surface area contributed by atoms with Crippen molar-refractivity contribution in [3.8, 4) is 17.2 Å². The molecule has 0 bridgehead atoms. The van der Waals surface area contributed by atoms with Crippen molar-refractivity contribution in [2.45, 2.75) is 12.5 Å². The molecule has 7 heteroatoms. The summed E-state index contributed by atoms with van der Waals surface area (Å²) >= 11 is 6.08. The molecule has 0 saturated heterocycles. The Labute approximate surface area is 164 Å². The Morgan fingerprint density at radius 2 is 1.67 bits per heavy atom. The third-order valence-electron chi connectivity index (χ3n) is 4.40. The lowest BCUT2D eigenvalue weighted by atomic mass is 9.95. The zero-order chi connectivity index (χ0) is 20.0. The third kappa shape index (κ3) is 4.64. The van der Waals surface area contributed by atoms with Crippen molar-refractivity contribution in [2.24, 2.45) is 0 Å². The van der Waals surface area contributed by atoms with Crippen LogP contribution in [0.5, 0.6) is 17.2 Å². The minimum atomic E-state index is -0.735. The number of hydrogen-bond acceptors (Lipinski definition) is 5. The molecule has 1 amide bonds. The summed E-state index contributed by atoms with van der Waals surface area (Å²) in [7, 11) is 6.10. The maximum atomic E-state index is 12.7. The molecule has 27 heavy (non-hydrogen) atoms.